The maximum Gasteiger partial charge on any atom is 0.503 e. The molecule has 4 N–H and O–H groups in total. The summed E-state index contributed by atoms with van der Waals surface area (Å²) in [5.41, 5.74) is 1.95. The van der Waals surface area contributed by atoms with Gasteiger partial charge in [0.25, 0.3) is 0 Å². The van der Waals surface area contributed by atoms with Gasteiger partial charge in [0.15, 0.2) is 0 Å². The third kappa shape index (κ3) is 7.77. The minimum Gasteiger partial charge on any atom is -0.450 e. The fourth-order valence-electron chi connectivity index (χ4n) is 3.39. The van der Waals surface area contributed by atoms with Crippen molar-refractivity contribution in [3.8, 4) is 10.6 Å². The quantitative estimate of drug-likeness (QED) is 0.319. The summed E-state index contributed by atoms with van der Waals surface area (Å²) in [6, 6.07) is 10.9. The molecule has 1 fully saturated rings. The Morgan fingerprint density at radius 2 is 1.81 bits per heavy atom. The van der Waals surface area contributed by atoms with Crippen molar-refractivity contribution in [2.45, 2.75) is 41.6 Å². The first-order valence-corrected chi connectivity index (χ1v) is 13.0. The van der Waals surface area contributed by atoms with Gasteiger partial charge in [-0.1, -0.05) is 29.4 Å². The first-order valence-electron chi connectivity index (χ1n) is 10.7. The predicted octanol–water partition coefficient (Wildman–Crippen LogP) is 4.16. The van der Waals surface area contributed by atoms with E-state index in [9.17, 15) is 26.4 Å². The molecule has 0 bridgehead atoms. The van der Waals surface area contributed by atoms with E-state index in [1.165, 1.54) is 12.1 Å². The number of nitrogens with zero attached hydrogens (tertiary/aromatic N) is 1. The van der Waals surface area contributed by atoms with Gasteiger partial charge in [-0.3, -0.25) is 4.79 Å². The molecule has 1 aliphatic rings. The first-order chi connectivity index (χ1) is 17.3. The molecule has 1 saturated carbocycles. The van der Waals surface area contributed by atoms with Crippen LogP contribution in [-0.2, 0) is 27.4 Å². The lowest BCUT2D eigenvalue weighted by atomic mass is 10.0. The van der Waals surface area contributed by atoms with Crippen LogP contribution in [0, 0.1) is 0 Å². The number of alkyl halides is 3. The molecule has 1 aliphatic carbocycles. The average Bonchev–Trinajstić information content (AvgIpc) is 3.20. The number of halogens is 3. The highest BCUT2D eigenvalue weighted by molar-refractivity contribution is 7.91. The van der Waals surface area contributed by atoms with E-state index in [0.29, 0.717) is 19.3 Å². The first kappa shape index (κ1) is 28.1. The molecule has 37 heavy (non-hydrogen) atoms. The fourth-order valence-corrected chi connectivity index (χ4v) is 5.96. The van der Waals surface area contributed by atoms with Crippen LogP contribution < -0.4 is 10.0 Å². The summed E-state index contributed by atoms with van der Waals surface area (Å²) in [4.78, 5) is 20.2. The summed E-state index contributed by atoms with van der Waals surface area (Å²) in [5.74, 6) is -1.23. The second-order valence-electron chi connectivity index (χ2n) is 7.96. The number of hydrogen-bond acceptors (Lipinski definition) is 7. The van der Waals surface area contributed by atoms with E-state index in [2.05, 4.69) is 19.7 Å². The molecule has 4 rings (SSSR count). The van der Waals surface area contributed by atoms with Crippen molar-refractivity contribution >= 4 is 33.4 Å². The van der Waals surface area contributed by atoms with Gasteiger partial charge in [0.1, 0.15) is 9.90 Å². The van der Waals surface area contributed by atoms with E-state index in [4.69, 9.17) is 15.0 Å². The van der Waals surface area contributed by atoms with Crippen LogP contribution in [0.1, 0.15) is 35.6 Å². The number of aromatic nitrogens is 1. The number of nitrogens with one attached hydrogen (secondary N) is 2. The summed E-state index contributed by atoms with van der Waals surface area (Å²) in [5, 5.41) is 19.9. The zero-order valence-electron chi connectivity index (χ0n) is 19.2. The summed E-state index contributed by atoms with van der Waals surface area (Å²) < 4.78 is 70.5. The van der Waals surface area contributed by atoms with Crippen LogP contribution in [0.25, 0.3) is 10.6 Å². The molecular weight excluding hydrogens is 539 g/mol. The number of rotatable bonds is 8. The zero-order valence-corrected chi connectivity index (χ0v) is 20.8. The molecule has 0 unspecified atom stereocenters. The van der Waals surface area contributed by atoms with E-state index >= 15 is 0 Å². The molecule has 0 spiro atoms. The van der Waals surface area contributed by atoms with Crippen molar-refractivity contribution in [3.05, 3.63) is 59.4 Å². The van der Waals surface area contributed by atoms with Crippen LogP contribution >= 0.6 is 11.3 Å². The molecule has 0 aliphatic heterocycles. The lowest BCUT2D eigenvalue weighted by Gasteiger charge is -2.06. The Hall–Kier alpha value is -3.43. The number of carbonyl (C=O) groups excluding carboxylic acids is 1. The van der Waals surface area contributed by atoms with Crippen molar-refractivity contribution in [1.29, 1.82) is 0 Å². The van der Waals surface area contributed by atoms with Gasteiger partial charge in [-0.05, 0) is 36.1 Å². The molecule has 200 valence electrons. The van der Waals surface area contributed by atoms with Crippen LogP contribution in [0.15, 0.2) is 51.2 Å². The minimum atomic E-state index is -4.66. The molecule has 1 amide bonds. The van der Waals surface area contributed by atoms with Crippen molar-refractivity contribution < 1.29 is 45.9 Å². The number of carboxylic acid groups (broad SMARTS) is 2. The van der Waals surface area contributed by atoms with Gasteiger partial charge >= 0.3 is 12.3 Å². The monoisotopic (exact) mass is 561 g/mol. The van der Waals surface area contributed by atoms with Gasteiger partial charge in [-0.2, -0.15) is 13.2 Å². The third-order valence-corrected chi connectivity index (χ3v) is 8.40. The Kier molecular flexibility index (Phi) is 8.60. The topological polar surface area (TPSA) is 159 Å². The Morgan fingerprint density at radius 1 is 1.16 bits per heavy atom. The lowest BCUT2D eigenvalue weighted by molar-refractivity contribution is -0.155. The highest BCUT2D eigenvalue weighted by atomic mass is 32.2. The third-order valence-electron chi connectivity index (χ3n) is 5.31. The number of aryl methyl sites for hydroxylation is 1. The molecule has 15 heteroatoms. The molecule has 2 heterocycles. The van der Waals surface area contributed by atoms with Gasteiger partial charge in [0, 0.05) is 31.5 Å². The average molecular weight is 562 g/mol. The number of thiophene rings is 1. The van der Waals surface area contributed by atoms with Crippen LogP contribution in [-0.4, -0.2) is 48.9 Å². The molecule has 2 atom stereocenters. The van der Waals surface area contributed by atoms with E-state index < -0.39 is 28.1 Å². The number of sulfonamides is 1. The van der Waals surface area contributed by atoms with Gasteiger partial charge in [-0.25, -0.2) is 17.9 Å². The van der Waals surface area contributed by atoms with Crippen molar-refractivity contribution in [3.63, 3.8) is 0 Å². The molecule has 3 aromatic rings. The zero-order chi connectivity index (χ0) is 27.4. The molecule has 0 radical (unpaired) electrons. The van der Waals surface area contributed by atoms with Gasteiger partial charge in [0.2, 0.25) is 21.7 Å². The van der Waals surface area contributed by atoms with Crippen LogP contribution in [0.4, 0.5) is 18.0 Å². The van der Waals surface area contributed by atoms with Crippen LogP contribution in [0.5, 0.6) is 0 Å². The van der Waals surface area contributed by atoms with Crippen molar-refractivity contribution in [2.75, 3.05) is 7.05 Å². The van der Waals surface area contributed by atoms with Gasteiger partial charge in [0.05, 0.1) is 4.88 Å². The van der Waals surface area contributed by atoms with Crippen LogP contribution in [0.3, 0.4) is 0 Å². The molecule has 2 aromatic heterocycles. The smallest absolute Gasteiger partial charge is 0.450 e. The van der Waals surface area contributed by atoms with E-state index in [1.54, 1.807) is 7.05 Å². The summed E-state index contributed by atoms with van der Waals surface area (Å²) in [6.45, 7) is 0. The van der Waals surface area contributed by atoms with Crippen molar-refractivity contribution in [1.82, 2.24) is 15.2 Å². The highest BCUT2D eigenvalue weighted by Gasteiger charge is 2.41. The number of amides is 1. The maximum atomic E-state index is 12.7. The Balaban J connectivity index is 0.000000886. The van der Waals surface area contributed by atoms with Gasteiger partial charge in [-0.15, -0.1) is 11.3 Å². The summed E-state index contributed by atoms with van der Waals surface area (Å²) in [7, 11) is -2.24. The largest absolute Gasteiger partial charge is 0.503 e. The molecule has 0 saturated heterocycles. The number of hydrogen-bond donors (Lipinski definition) is 4. The van der Waals surface area contributed by atoms with E-state index in [-0.39, 0.29) is 32.6 Å². The second-order valence-corrected chi connectivity index (χ2v) is 11.0. The minimum absolute atomic E-state index is 0.00995. The fraction of sp³-hybridized carbons (Fsp3) is 0.318. The lowest BCUT2D eigenvalue weighted by Crippen LogP contribution is -2.26. The van der Waals surface area contributed by atoms with E-state index in [1.807, 2.05) is 24.3 Å². The number of benzene rings is 1. The molecular formula is C22H22F3N3O7S2. The number of carbonyl (C=O) groups is 2. The predicted molar refractivity (Wildman–Crippen MR) is 126 cm³/mol. The molecule has 10 nitrogen and oxygen atoms in total. The standard InChI is InChI=1S/C21H20F3N3O4S2.CH2O3/c1-25-19(28)8-4-12-2-5-13(6-3-12)14-10-15(14)27-33(29,30)20-9-7-17(32-20)16-11-18(31-26-16)21(22,23)24;2-1(3)4/h2-3,5-7,9,11,14-15,27H,4,8,10H2,1H3,(H,25,28);(H2,2,3,4)/t14-,15+;/m1./s1. The molecule has 1 aromatic carbocycles. The second kappa shape index (κ2) is 11.3. The summed E-state index contributed by atoms with van der Waals surface area (Å²) >= 11 is 0.822. The highest BCUT2D eigenvalue weighted by Crippen LogP contribution is 2.42. The Morgan fingerprint density at radius 3 is 2.38 bits per heavy atom. The summed E-state index contributed by atoms with van der Waals surface area (Å²) in [6.07, 6.45) is -4.83. The SMILES string of the molecule is CNC(=O)CCc1ccc([C@H]2C[C@@H]2NS(=O)(=O)c2ccc(-c3cc(C(F)(F)F)on3)s2)cc1.O=C(O)O. The van der Waals surface area contributed by atoms with E-state index in [0.717, 1.165) is 28.5 Å². The van der Waals surface area contributed by atoms with Gasteiger partial charge < -0.3 is 20.1 Å². The maximum absolute atomic E-state index is 12.7. The Labute approximate surface area is 213 Å². The van der Waals surface area contributed by atoms with Crippen molar-refractivity contribution in [2.24, 2.45) is 0 Å². The Bertz CT molecular complexity index is 1350. The normalized spacial score (nSPS) is 17.0. The van der Waals surface area contributed by atoms with Crippen LogP contribution in [0.2, 0.25) is 0 Å².